The molecule has 1 N–H and O–H groups in total. The molecule has 0 bridgehead atoms. The third-order valence-corrected chi connectivity index (χ3v) is 2.23. The van der Waals surface area contributed by atoms with Crippen LogP contribution in [0.15, 0.2) is 27.4 Å². The Balaban J connectivity index is 2.75. The zero-order valence-corrected chi connectivity index (χ0v) is 8.06. The fourth-order valence-corrected chi connectivity index (χ4v) is 1.50. The highest BCUT2D eigenvalue weighted by Gasteiger charge is 2.10. The highest BCUT2D eigenvalue weighted by molar-refractivity contribution is 5.91. The van der Waals surface area contributed by atoms with Gasteiger partial charge in [-0.05, 0) is 25.1 Å². The highest BCUT2D eigenvalue weighted by atomic mass is 16.4. The maximum absolute atomic E-state index is 11.3. The van der Waals surface area contributed by atoms with E-state index >= 15 is 0 Å². The lowest BCUT2D eigenvalue weighted by Gasteiger charge is -1.96. The van der Waals surface area contributed by atoms with Crippen molar-refractivity contribution in [2.45, 2.75) is 13.5 Å². The number of aromatic carboxylic acids is 1. The summed E-state index contributed by atoms with van der Waals surface area (Å²) in [4.78, 5) is 22.0. The van der Waals surface area contributed by atoms with Gasteiger partial charge in [-0.2, -0.15) is 0 Å². The largest absolute Gasteiger partial charge is 0.478 e. The second-order valence-electron chi connectivity index (χ2n) is 3.10. The van der Waals surface area contributed by atoms with Crippen molar-refractivity contribution < 1.29 is 14.3 Å². The molecular formula is C10H9NO4. The minimum atomic E-state index is -1.04. The Morgan fingerprint density at radius 3 is 2.87 bits per heavy atom. The van der Waals surface area contributed by atoms with Crippen molar-refractivity contribution in [3.05, 3.63) is 34.3 Å². The van der Waals surface area contributed by atoms with Crippen molar-refractivity contribution in [3.63, 3.8) is 0 Å². The molecule has 5 nitrogen and oxygen atoms in total. The molecule has 0 saturated heterocycles. The Hall–Kier alpha value is -2.04. The maximum Gasteiger partial charge on any atom is 0.419 e. The Morgan fingerprint density at radius 2 is 2.27 bits per heavy atom. The van der Waals surface area contributed by atoms with Crippen LogP contribution in [0.25, 0.3) is 11.1 Å². The van der Waals surface area contributed by atoms with E-state index in [2.05, 4.69) is 0 Å². The first-order valence-corrected chi connectivity index (χ1v) is 4.50. The van der Waals surface area contributed by atoms with Gasteiger partial charge in [0.2, 0.25) is 0 Å². The summed E-state index contributed by atoms with van der Waals surface area (Å²) in [5.41, 5.74) is 1.04. The number of aromatic nitrogens is 1. The first-order chi connectivity index (χ1) is 7.13. The van der Waals surface area contributed by atoms with Crippen LogP contribution in [0.4, 0.5) is 0 Å². The zero-order chi connectivity index (χ0) is 11.0. The van der Waals surface area contributed by atoms with E-state index in [1.54, 1.807) is 6.07 Å². The molecule has 0 aliphatic rings. The van der Waals surface area contributed by atoms with Crippen LogP contribution < -0.4 is 5.76 Å². The average molecular weight is 207 g/mol. The topological polar surface area (TPSA) is 72.4 Å². The van der Waals surface area contributed by atoms with Crippen molar-refractivity contribution in [3.8, 4) is 0 Å². The van der Waals surface area contributed by atoms with E-state index in [0.717, 1.165) is 0 Å². The molecule has 0 unspecified atom stereocenters. The van der Waals surface area contributed by atoms with Crippen molar-refractivity contribution in [1.29, 1.82) is 0 Å². The standard InChI is InChI=1S/C10H9NO4/c1-2-11-7-4-3-6(9(12)13)5-8(7)15-10(11)14/h3-5H,2H2,1H3,(H,12,13). The molecule has 0 radical (unpaired) electrons. The molecule has 0 atom stereocenters. The molecule has 15 heavy (non-hydrogen) atoms. The predicted molar refractivity (Wildman–Crippen MR) is 53.1 cm³/mol. The molecule has 0 fully saturated rings. The Bertz CT molecular complexity index is 579. The number of hydrogen-bond acceptors (Lipinski definition) is 3. The summed E-state index contributed by atoms with van der Waals surface area (Å²) in [6.07, 6.45) is 0. The molecule has 0 saturated carbocycles. The number of aryl methyl sites for hydroxylation is 1. The minimum absolute atomic E-state index is 0.111. The third kappa shape index (κ3) is 1.41. The molecular weight excluding hydrogens is 198 g/mol. The third-order valence-electron chi connectivity index (χ3n) is 2.23. The average Bonchev–Trinajstić information content (AvgIpc) is 2.51. The smallest absolute Gasteiger partial charge is 0.419 e. The fraction of sp³-hybridized carbons (Fsp3) is 0.200. The number of carboxylic acids is 1. The number of carbonyl (C=O) groups is 1. The van der Waals surface area contributed by atoms with Crippen LogP contribution >= 0.6 is 0 Å². The lowest BCUT2D eigenvalue weighted by atomic mass is 10.2. The van der Waals surface area contributed by atoms with Gasteiger partial charge in [-0.15, -0.1) is 0 Å². The second kappa shape index (κ2) is 3.27. The zero-order valence-electron chi connectivity index (χ0n) is 8.06. The summed E-state index contributed by atoms with van der Waals surface area (Å²) < 4.78 is 6.37. The number of fused-ring (bicyclic) bond motifs is 1. The first-order valence-electron chi connectivity index (χ1n) is 4.50. The summed E-state index contributed by atoms with van der Waals surface area (Å²) in [5.74, 6) is -1.50. The molecule has 2 rings (SSSR count). The lowest BCUT2D eigenvalue weighted by Crippen LogP contribution is -2.11. The van der Waals surface area contributed by atoms with Gasteiger partial charge in [0.25, 0.3) is 0 Å². The molecule has 1 aromatic heterocycles. The second-order valence-corrected chi connectivity index (χ2v) is 3.10. The molecule has 0 aliphatic heterocycles. The molecule has 5 heteroatoms. The summed E-state index contributed by atoms with van der Waals surface area (Å²) in [6.45, 7) is 2.32. The molecule has 0 spiro atoms. The normalized spacial score (nSPS) is 10.7. The SMILES string of the molecule is CCn1c(=O)oc2cc(C(=O)O)ccc21. The van der Waals surface area contributed by atoms with Gasteiger partial charge in [-0.3, -0.25) is 4.57 Å². The van der Waals surface area contributed by atoms with E-state index < -0.39 is 11.7 Å². The van der Waals surface area contributed by atoms with Crippen LogP contribution in [0.1, 0.15) is 17.3 Å². The van der Waals surface area contributed by atoms with Gasteiger partial charge in [0.05, 0.1) is 11.1 Å². The monoisotopic (exact) mass is 207 g/mol. The van der Waals surface area contributed by atoms with Gasteiger partial charge in [-0.25, -0.2) is 9.59 Å². The van der Waals surface area contributed by atoms with E-state index in [1.165, 1.54) is 16.7 Å². The van der Waals surface area contributed by atoms with Crippen molar-refractivity contribution in [1.82, 2.24) is 4.57 Å². The van der Waals surface area contributed by atoms with Crippen LogP contribution in [0.3, 0.4) is 0 Å². The maximum atomic E-state index is 11.3. The van der Waals surface area contributed by atoms with Crippen LogP contribution in [-0.4, -0.2) is 15.6 Å². The molecule has 0 aliphatic carbocycles. The van der Waals surface area contributed by atoms with Gasteiger partial charge in [0, 0.05) is 6.54 Å². The summed E-state index contributed by atoms with van der Waals surface area (Å²) in [5, 5.41) is 8.75. The molecule has 2 aromatic rings. The Kier molecular flexibility index (Phi) is 2.07. The quantitative estimate of drug-likeness (QED) is 0.805. The number of benzene rings is 1. The van der Waals surface area contributed by atoms with Gasteiger partial charge in [0.1, 0.15) is 0 Å². The number of carboxylic acid groups (broad SMARTS) is 1. The molecule has 1 heterocycles. The fourth-order valence-electron chi connectivity index (χ4n) is 1.50. The van der Waals surface area contributed by atoms with Gasteiger partial charge in [0.15, 0.2) is 5.58 Å². The van der Waals surface area contributed by atoms with Crippen molar-refractivity contribution in [2.24, 2.45) is 0 Å². The van der Waals surface area contributed by atoms with Crippen LogP contribution in [-0.2, 0) is 6.54 Å². The van der Waals surface area contributed by atoms with E-state index in [4.69, 9.17) is 9.52 Å². The number of nitrogens with zero attached hydrogens (tertiary/aromatic N) is 1. The first kappa shape index (κ1) is 9.51. The van der Waals surface area contributed by atoms with E-state index in [0.29, 0.717) is 17.6 Å². The molecule has 0 amide bonds. The van der Waals surface area contributed by atoms with Crippen molar-refractivity contribution in [2.75, 3.05) is 0 Å². The van der Waals surface area contributed by atoms with Crippen LogP contribution in [0.5, 0.6) is 0 Å². The van der Waals surface area contributed by atoms with Gasteiger partial charge < -0.3 is 9.52 Å². The van der Waals surface area contributed by atoms with Crippen LogP contribution in [0.2, 0.25) is 0 Å². The van der Waals surface area contributed by atoms with E-state index in [9.17, 15) is 9.59 Å². The van der Waals surface area contributed by atoms with Crippen molar-refractivity contribution >= 4 is 17.1 Å². The summed E-state index contributed by atoms with van der Waals surface area (Å²) >= 11 is 0. The predicted octanol–water partition coefficient (Wildman–Crippen LogP) is 1.31. The van der Waals surface area contributed by atoms with Gasteiger partial charge >= 0.3 is 11.7 Å². The number of hydrogen-bond donors (Lipinski definition) is 1. The Labute approximate surface area is 84.5 Å². The van der Waals surface area contributed by atoms with Crippen LogP contribution in [0, 0.1) is 0 Å². The molecule has 78 valence electrons. The summed E-state index contributed by atoms with van der Waals surface area (Å²) in [6, 6.07) is 4.38. The van der Waals surface area contributed by atoms with E-state index in [-0.39, 0.29) is 5.56 Å². The number of rotatable bonds is 2. The molecule has 1 aromatic carbocycles. The van der Waals surface area contributed by atoms with Gasteiger partial charge in [-0.1, -0.05) is 0 Å². The summed E-state index contributed by atoms with van der Waals surface area (Å²) in [7, 11) is 0. The Morgan fingerprint density at radius 1 is 1.53 bits per heavy atom. The van der Waals surface area contributed by atoms with E-state index in [1.807, 2.05) is 6.92 Å². The highest BCUT2D eigenvalue weighted by Crippen LogP contribution is 2.14. The minimum Gasteiger partial charge on any atom is -0.478 e. The lowest BCUT2D eigenvalue weighted by molar-refractivity contribution is 0.0697. The number of oxazole rings is 1.